The minimum atomic E-state index is -1.89. The fraction of sp³-hybridized carbons (Fsp3) is 0.150. The van der Waals surface area contributed by atoms with Gasteiger partial charge in [0.2, 0.25) is 7.59 Å². The van der Waals surface area contributed by atoms with E-state index in [4.69, 9.17) is 69.6 Å². The van der Waals surface area contributed by atoms with E-state index in [0.717, 1.165) is 11.1 Å². The van der Waals surface area contributed by atoms with Crippen LogP contribution in [-0.4, -0.2) is 15.0 Å². The van der Waals surface area contributed by atoms with E-state index in [9.17, 15) is 0 Å². The van der Waals surface area contributed by atoms with Crippen LogP contribution in [0.15, 0.2) is 60.7 Å². The van der Waals surface area contributed by atoms with Gasteiger partial charge in [-0.05, 0) is 23.6 Å². The molecule has 3 rings (SSSR count). The molecule has 2 aromatic carbocycles. The molecule has 3 nitrogen and oxygen atoms in total. The Balaban J connectivity index is 1.92. The van der Waals surface area contributed by atoms with Gasteiger partial charge in [-0.1, -0.05) is 130 Å². The summed E-state index contributed by atoms with van der Waals surface area (Å²) >= 11 is 35.6. The molecule has 0 aliphatic carbocycles. The lowest BCUT2D eigenvalue weighted by molar-refractivity contribution is 0.851. The summed E-state index contributed by atoms with van der Waals surface area (Å²) in [5.41, 5.74) is 2.85. The highest BCUT2D eigenvalue weighted by Crippen LogP contribution is 2.40. The number of nitrogens with zero attached hydrogens (tertiary/aromatic N) is 3. The third-order valence-electron chi connectivity index (χ3n) is 3.79. The molecule has 0 aliphatic heterocycles. The first-order valence-electron chi connectivity index (χ1n) is 8.34. The van der Waals surface area contributed by atoms with Gasteiger partial charge in [0.25, 0.3) is 0 Å². The van der Waals surface area contributed by atoms with Crippen molar-refractivity contribution >= 4 is 75.7 Å². The van der Waals surface area contributed by atoms with Crippen molar-refractivity contribution in [2.45, 2.75) is 14.0 Å². The van der Waals surface area contributed by atoms with Crippen molar-refractivity contribution in [3.8, 4) is 11.4 Å². The van der Waals surface area contributed by atoms with Crippen molar-refractivity contribution in [2.24, 2.45) is 0 Å². The molecule has 0 bridgehead atoms. The average molecular weight is 508 g/mol. The Bertz CT molecular complexity index is 978. The highest BCUT2D eigenvalue weighted by Gasteiger charge is 2.34. The molecule has 0 saturated carbocycles. The van der Waals surface area contributed by atoms with E-state index in [0.29, 0.717) is 12.0 Å². The molecule has 150 valence electrons. The Labute approximate surface area is 198 Å². The van der Waals surface area contributed by atoms with E-state index in [1.165, 1.54) is 0 Å². The summed E-state index contributed by atoms with van der Waals surface area (Å²) in [5.74, 6) is 0.00272. The predicted octanol–water partition coefficient (Wildman–Crippen LogP) is 7.45. The highest BCUT2D eigenvalue weighted by atomic mass is 35.6. The van der Waals surface area contributed by atoms with Crippen molar-refractivity contribution in [3.05, 3.63) is 83.4 Å². The second-order valence-electron chi connectivity index (χ2n) is 6.02. The zero-order valence-electron chi connectivity index (χ0n) is 14.7. The maximum atomic E-state index is 5.94. The Morgan fingerprint density at radius 3 is 1.93 bits per heavy atom. The van der Waals surface area contributed by atoms with E-state index in [1.807, 2.05) is 54.6 Å². The molecule has 1 heterocycles. The molecule has 0 fully saturated rings. The first-order chi connectivity index (χ1) is 13.6. The highest BCUT2D eigenvalue weighted by molar-refractivity contribution is 6.67. The molecule has 0 spiro atoms. The van der Waals surface area contributed by atoms with Crippen LogP contribution in [0.1, 0.15) is 22.8 Å². The Morgan fingerprint density at radius 2 is 1.34 bits per heavy atom. The van der Waals surface area contributed by atoms with Gasteiger partial charge >= 0.3 is 0 Å². The summed E-state index contributed by atoms with van der Waals surface area (Å²) in [5, 5.41) is 0. The SMILES string of the molecule is ClC(Cl)(Cl)c1nc(-c2cccc(C/C=C/c3ccccc3)c2)nc(C(Cl)(Cl)Cl)n1. The lowest BCUT2D eigenvalue weighted by Crippen LogP contribution is -2.16. The molecule has 0 radical (unpaired) electrons. The van der Waals surface area contributed by atoms with Crippen LogP contribution in [0, 0.1) is 0 Å². The van der Waals surface area contributed by atoms with Crippen LogP contribution >= 0.6 is 69.6 Å². The molecule has 0 N–H and O–H groups in total. The summed E-state index contributed by atoms with van der Waals surface area (Å²) in [7, 11) is 0. The number of allylic oxidation sites excluding steroid dienone is 1. The third kappa shape index (κ3) is 6.45. The van der Waals surface area contributed by atoms with Gasteiger partial charge in [0.15, 0.2) is 17.5 Å². The van der Waals surface area contributed by atoms with E-state index in [-0.39, 0.29) is 17.5 Å². The van der Waals surface area contributed by atoms with Gasteiger partial charge in [0.1, 0.15) is 0 Å². The van der Waals surface area contributed by atoms with Gasteiger partial charge in [-0.3, -0.25) is 0 Å². The lowest BCUT2D eigenvalue weighted by Gasteiger charge is -2.15. The van der Waals surface area contributed by atoms with Gasteiger partial charge < -0.3 is 0 Å². The van der Waals surface area contributed by atoms with E-state index >= 15 is 0 Å². The van der Waals surface area contributed by atoms with Gasteiger partial charge in [0.05, 0.1) is 0 Å². The fourth-order valence-corrected chi connectivity index (χ4v) is 3.00. The van der Waals surface area contributed by atoms with E-state index in [1.54, 1.807) is 0 Å². The standard InChI is InChI=1S/C20H13Cl6N3/c21-19(22,23)17-27-16(28-18(29-17)20(24,25)26)15-11-5-10-14(12-15)9-4-8-13-6-2-1-3-7-13/h1-8,10-12H,9H2/b8-4+. The molecular weight excluding hydrogens is 495 g/mol. The summed E-state index contributed by atoms with van der Waals surface area (Å²) in [4.78, 5) is 12.5. The Kier molecular flexibility index (Phi) is 7.32. The smallest absolute Gasteiger partial charge is 0.209 e. The van der Waals surface area contributed by atoms with Crippen LogP contribution in [0.4, 0.5) is 0 Å². The zero-order valence-corrected chi connectivity index (χ0v) is 19.2. The van der Waals surface area contributed by atoms with Crippen LogP contribution in [0.25, 0.3) is 17.5 Å². The number of halogens is 6. The molecule has 0 amide bonds. The maximum Gasteiger partial charge on any atom is 0.250 e. The second kappa shape index (κ2) is 9.38. The van der Waals surface area contributed by atoms with Crippen molar-refractivity contribution in [2.75, 3.05) is 0 Å². The van der Waals surface area contributed by atoms with E-state index in [2.05, 4.69) is 27.1 Å². The summed E-state index contributed by atoms with van der Waals surface area (Å²) < 4.78 is -3.78. The van der Waals surface area contributed by atoms with Crippen LogP contribution in [0.5, 0.6) is 0 Å². The monoisotopic (exact) mass is 505 g/mol. The fourth-order valence-electron chi connectivity index (χ4n) is 2.49. The number of benzene rings is 2. The number of rotatable bonds is 4. The van der Waals surface area contributed by atoms with Crippen molar-refractivity contribution < 1.29 is 0 Å². The van der Waals surface area contributed by atoms with Gasteiger partial charge in [-0.25, -0.2) is 15.0 Å². The van der Waals surface area contributed by atoms with Crippen LogP contribution < -0.4 is 0 Å². The molecule has 29 heavy (non-hydrogen) atoms. The minimum Gasteiger partial charge on any atom is -0.209 e. The molecule has 0 aliphatic rings. The largest absolute Gasteiger partial charge is 0.250 e. The predicted molar refractivity (Wildman–Crippen MR) is 123 cm³/mol. The van der Waals surface area contributed by atoms with Crippen LogP contribution in [0.2, 0.25) is 0 Å². The summed E-state index contributed by atoms with van der Waals surface area (Å²) in [6.45, 7) is 0. The maximum absolute atomic E-state index is 5.94. The quantitative estimate of drug-likeness (QED) is 0.344. The second-order valence-corrected chi connectivity index (χ2v) is 10.6. The first-order valence-corrected chi connectivity index (χ1v) is 10.6. The van der Waals surface area contributed by atoms with E-state index < -0.39 is 7.59 Å². The number of hydrogen-bond acceptors (Lipinski definition) is 3. The average Bonchev–Trinajstić information content (AvgIpc) is 2.67. The van der Waals surface area contributed by atoms with Gasteiger partial charge in [-0.2, -0.15) is 0 Å². The molecule has 1 aromatic heterocycles. The molecule has 9 heteroatoms. The van der Waals surface area contributed by atoms with Crippen molar-refractivity contribution in [1.82, 2.24) is 15.0 Å². The zero-order chi connectivity index (χ0) is 21.1. The van der Waals surface area contributed by atoms with Crippen molar-refractivity contribution in [3.63, 3.8) is 0 Å². The first kappa shape index (κ1) is 22.6. The minimum absolute atomic E-state index is 0.122. The normalized spacial score (nSPS) is 12.5. The summed E-state index contributed by atoms with van der Waals surface area (Å²) in [6.07, 6.45) is 4.83. The van der Waals surface area contributed by atoms with Crippen LogP contribution in [-0.2, 0) is 14.0 Å². The van der Waals surface area contributed by atoms with Gasteiger partial charge in [-0.15, -0.1) is 0 Å². The molecule has 0 atom stereocenters. The van der Waals surface area contributed by atoms with Gasteiger partial charge in [0, 0.05) is 5.56 Å². The van der Waals surface area contributed by atoms with Crippen molar-refractivity contribution in [1.29, 1.82) is 0 Å². The lowest BCUT2D eigenvalue weighted by atomic mass is 10.1. The number of aromatic nitrogens is 3. The van der Waals surface area contributed by atoms with Crippen LogP contribution in [0.3, 0.4) is 0 Å². The molecule has 0 saturated heterocycles. The molecule has 3 aromatic rings. The third-order valence-corrected chi connectivity index (χ3v) is 4.81. The Morgan fingerprint density at radius 1 is 0.724 bits per heavy atom. The number of alkyl halides is 6. The topological polar surface area (TPSA) is 38.7 Å². The Hall–Kier alpha value is -1.07. The molecule has 0 unspecified atom stereocenters. The number of hydrogen-bond donors (Lipinski definition) is 0. The molecular formula is C20H13Cl6N3. The summed E-state index contributed by atoms with van der Waals surface area (Å²) in [6, 6.07) is 17.7.